The highest BCUT2D eigenvalue weighted by Crippen LogP contribution is 2.59. The van der Waals surface area contributed by atoms with Crippen LogP contribution in [-0.2, 0) is 29.2 Å². The minimum Gasteiger partial charge on any atom is -0.458 e. The van der Waals surface area contributed by atoms with Gasteiger partial charge in [0.25, 0.3) is 10.1 Å². The van der Waals surface area contributed by atoms with Gasteiger partial charge in [0, 0.05) is 26.1 Å². The molecule has 0 spiro atoms. The maximum atomic E-state index is 13.2. The van der Waals surface area contributed by atoms with Crippen LogP contribution in [0.4, 0.5) is 0 Å². The molecule has 5 rings (SSSR count). The first-order chi connectivity index (χ1) is 16.9. The number of halogens is 4. The van der Waals surface area contributed by atoms with E-state index in [0.29, 0.717) is 12.0 Å². The number of hydrogen-bond donors (Lipinski definition) is 1. The standard InChI is InChI=1S/C22H14I4O9S/c23-12-6-11(15(24)17(26)16(12)25)20(27)34-18-9-5-10-14(22(29)35-19(10)18)13(9)21(28)33-7-1-3-8(4-2-7)36(30,31)32/h1-4,6,9-10,13-14,18-19H,5H2,(H,30,31,32). The molecule has 0 aromatic heterocycles. The first-order valence-electron chi connectivity index (χ1n) is 10.4. The molecular weight excluding hydrogens is 948 g/mol. The number of carbonyl (C=O) groups is 3. The molecular formula is C22H14I4O9S. The monoisotopic (exact) mass is 962 g/mol. The van der Waals surface area contributed by atoms with Gasteiger partial charge in [-0.15, -0.1) is 0 Å². The van der Waals surface area contributed by atoms with Gasteiger partial charge in [-0.25, -0.2) is 4.79 Å². The van der Waals surface area contributed by atoms with E-state index < -0.39 is 58.0 Å². The molecule has 0 radical (unpaired) electrons. The molecule has 3 fully saturated rings. The van der Waals surface area contributed by atoms with Crippen molar-refractivity contribution in [2.24, 2.45) is 23.7 Å². The number of benzene rings is 2. The summed E-state index contributed by atoms with van der Waals surface area (Å²) in [4.78, 5) is 38.6. The second-order valence-electron chi connectivity index (χ2n) is 8.60. The highest BCUT2D eigenvalue weighted by atomic mass is 127. The normalized spacial score (nSPS) is 28.2. The van der Waals surface area contributed by atoms with Crippen LogP contribution in [0.25, 0.3) is 0 Å². The summed E-state index contributed by atoms with van der Waals surface area (Å²) in [6, 6.07) is 6.45. The van der Waals surface area contributed by atoms with Crippen molar-refractivity contribution in [3.63, 3.8) is 0 Å². The Morgan fingerprint density at radius 1 is 1.00 bits per heavy atom. The number of esters is 3. The summed E-state index contributed by atoms with van der Waals surface area (Å²) in [6.07, 6.45) is -0.900. The molecule has 0 amide bonds. The molecule has 3 aliphatic rings. The minimum absolute atomic E-state index is 0.0595. The molecule has 1 aliphatic heterocycles. The third-order valence-corrected chi connectivity index (χ3v) is 14.9. The van der Waals surface area contributed by atoms with Crippen LogP contribution in [0.3, 0.4) is 0 Å². The SMILES string of the molecule is O=C(OC1C2CC3C1OC(=O)C3C2C(=O)Oc1ccc(S(=O)(=O)O)cc1)c1cc(I)c(I)c(I)c1I. The zero-order chi connectivity index (χ0) is 26.1. The van der Waals surface area contributed by atoms with Crippen LogP contribution in [-0.4, -0.2) is 43.1 Å². The Balaban J connectivity index is 1.38. The maximum absolute atomic E-state index is 13.2. The van der Waals surface area contributed by atoms with E-state index in [9.17, 15) is 22.8 Å². The Morgan fingerprint density at radius 3 is 2.31 bits per heavy atom. The van der Waals surface area contributed by atoms with Gasteiger partial charge >= 0.3 is 17.9 Å². The number of hydrogen-bond acceptors (Lipinski definition) is 8. The molecule has 1 heterocycles. The lowest BCUT2D eigenvalue weighted by atomic mass is 9.78. The summed E-state index contributed by atoms with van der Waals surface area (Å²) >= 11 is 8.66. The van der Waals surface area contributed by atoms with Gasteiger partial charge in [0.05, 0.1) is 22.3 Å². The number of rotatable bonds is 5. The first-order valence-corrected chi connectivity index (χ1v) is 16.2. The van der Waals surface area contributed by atoms with Gasteiger partial charge in [-0.1, -0.05) is 0 Å². The van der Waals surface area contributed by atoms with Crippen molar-refractivity contribution in [3.05, 3.63) is 50.2 Å². The van der Waals surface area contributed by atoms with Crippen LogP contribution >= 0.6 is 90.4 Å². The van der Waals surface area contributed by atoms with Crippen LogP contribution in [0.5, 0.6) is 5.75 Å². The van der Waals surface area contributed by atoms with E-state index in [-0.39, 0.29) is 16.6 Å². The largest absolute Gasteiger partial charge is 0.458 e. The lowest BCUT2D eigenvalue weighted by molar-refractivity contribution is -0.149. The molecule has 1 saturated heterocycles. The molecule has 2 aromatic rings. The van der Waals surface area contributed by atoms with Gasteiger partial charge in [0.1, 0.15) is 18.0 Å². The summed E-state index contributed by atoms with van der Waals surface area (Å²) in [7, 11) is -4.39. The third-order valence-electron chi connectivity index (χ3n) is 6.72. The Kier molecular flexibility index (Phi) is 7.58. The second kappa shape index (κ2) is 10.0. The third kappa shape index (κ3) is 4.68. The Morgan fingerprint density at radius 2 is 1.67 bits per heavy atom. The molecule has 14 heteroatoms. The summed E-state index contributed by atoms with van der Waals surface area (Å²) in [5.74, 6) is -3.93. The topological polar surface area (TPSA) is 133 Å². The molecule has 2 bridgehead atoms. The van der Waals surface area contributed by atoms with E-state index in [1.54, 1.807) is 6.07 Å². The predicted molar refractivity (Wildman–Crippen MR) is 157 cm³/mol. The Labute approximate surface area is 260 Å². The van der Waals surface area contributed by atoms with Crippen molar-refractivity contribution in [2.45, 2.75) is 23.5 Å². The average Bonchev–Trinajstić information content (AvgIpc) is 3.43. The van der Waals surface area contributed by atoms with Gasteiger partial charge in [0.15, 0.2) is 0 Å². The molecule has 36 heavy (non-hydrogen) atoms. The lowest BCUT2D eigenvalue weighted by Crippen LogP contribution is -2.44. The van der Waals surface area contributed by atoms with Crippen molar-refractivity contribution in [2.75, 3.05) is 0 Å². The van der Waals surface area contributed by atoms with Crippen LogP contribution in [0.2, 0.25) is 0 Å². The van der Waals surface area contributed by atoms with Gasteiger partial charge in [-0.3, -0.25) is 14.1 Å². The zero-order valence-electron chi connectivity index (χ0n) is 17.7. The maximum Gasteiger partial charge on any atom is 0.339 e. The summed E-state index contributed by atoms with van der Waals surface area (Å²) in [5.41, 5.74) is 0.409. The van der Waals surface area contributed by atoms with Crippen LogP contribution < -0.4 is 4.74 Å². The number of ether oxygens (including phenoxy) is 3. The van der Waals surface area contributed by atoms with E-state index in [1.807, 2.05) is 0 Å². The van der Waals surface area contributed by atoms with E-state index in [1.165, 1.54) is 12.1 Å². The van der Waals surface area contributed by atoms with Gasteiger partial charge in [0.2, 0.25) is 0 Å². The number of carbonyl (C=O) groups excluding carboxylic acids is 3. The molecule has 190 valence electrons. The van der Waals surface area contributed by atoms with Gasteiger partial charge in [-0.2, -0.15) is 8.42 Å². The zero-order valence-corrected chi connectivity index (χ0v) is 27.1. The second-order valence-corrected chi connectivity index (χ2v) is 14.4. The van der Waals surface area contributed by atoms with Crippen LogP contribution in [0.1, 0.15) is 16.8 Å². The quantitative estimate of drug-likeness (QED) is 0.117. The minimum atomic E-state index is -4.39. The molecule has 9 nitrogen and oxygen atoms in total. The molecule has 2 saturated carbocycles. The highest BCUT2D eigenvalue weighted by Gasteiger charge is 2.70. The smallest absolute Gasteiger partial charge is 0.339 e. The highest BCUT2D eigenvalue weighted by molar-refractivity contribution is 14.1. The molecule has 6 atom stereocenters. The summed E-state index contributed by atoms with van der Waals surface area (Å²) in [5, 5.41) is 0. The van der Waals surface area contributed by atoms with Crippen molar-refractivity contribution in [3.8, 4) is 5.75 Å². The average molecular weight is 962 g/mol. The fraction of sp³-hybridized carbons (Fsp3) is 0.318. The fourth-order valence-electron chi connectivity index (χ4n) is 5.24. The van der Waals surface area contributed by atoms with Crippen molar-refractivity contribution >= 4 is 118 Å². The van der Waals surface area contributed by atoms with E-state index >= 15 is 0 Å². The molecule has 2 aromatic carbocycles. The van der Waals surface area contributed by atoms with Crippen LogP contribution in [0.15, 0.2) is 35.2 Å². The summed E-state index contributed by atoms with van der Waals surface area (Å²) in [6.45, 7) is 0. The lowest BCUT2D eigenvalue weighted by Gasteiger charge is -2.30. The van der Waals surface area contributed by atoms with E-state index in [2.05, 4.69) is 90.4 Å². The van der Waals surface area contributed by atoms with E-state index in [4.69, 9.17) is 18.8 Å². The van der Waals surface area contributed by atoms with E-state index in [0.717, 1.165) is 26.4 Å². The van der Waals surface area contributed by atoms with Crippen molar-refractivity contribution in [1.29, 1.82) is 0 Å². The van der Waals surface area contributed by atoms with Crippen molar-refractivity contribution in [1.82, 2.24) is 0 Å². The Hall–Kier alpha value is -0.320. The predicted octanol–water partition coefficient (Wildman–Crippen LogP) is 4.29. The fourth-order valence-corrected chi connectivity index (χ4v) is 8.99. The van der Waals surface area contributed by atoms with Gasteiger partial charge in [-0.05, 0) is 127 Å². The Bertz CT molecular complexity index is 1410. The molecule has 2 aliphatic carbocycles. The van der Waals surface area contributed by atoms with Gasteiger partial charge < -0.3 is 14.2 Å². The molecule has 1 N–H and O–H groups in total. The van der Waals surface area contributed by atoms with Crippen molar-refractivity contribution < 1.29 is 41.6 Å². The molecule has 6 unspecified atom stereocenters. The van der Waals surface area contributed by atoms with Crippen LogP contribution in [0, 0.1) is 38.0 Å². The first kappa shape index (κ1) is 27.3. The summed E-state index contributed by atoms with van der Waals surface area (Å²) < 4.78 is 52.1. The number of fused-ring (bicyclic) bond motifs is 1.